The SMILES string of the molecule is CC(C)CCOc1ccc(C(N)=NO)cc1[N+](=O)[O-]. The molecule has 0 spiro atoms. The van der Waals surface area contributed by atoms with Gasteiger partial charge >= 0.3 is 5.69 Å². The molecule has 0 saturated heterocycles. The molecule has 104 valence electrons. The third kappa shape index (κ3) is 4.13. The second-order valence-electron chi connectivity index (χ2n) is 4.46. The third-order valence-corrected chi connectivity index (χ3v) is 2.51. The molecule has 0 unspecified atom stereocenters. The predicted molar refractivity (Wildman–Crippen MR) is 70.6 cm³/mol. The van der Waals surface area contributed by atoms with E-state index < -0.39 is 4.92 Å². The molecule has 1 aromatic carbocycles. The van der Waals surface area contributed by atoms with Crippen molar-refractivity contribution in [1.29, 1.82) is 0 Å². The average Bonchev–Trinajstić information content (AvgIpc) is 2.37. The van der Waals surface area contributed by atoms with Crippen LogP contribution in [0.4, 0.5) is 5.69 Å². The van der Waals surface area contributed by atoms with Crippen LogP contribution in [0.25, 0.3) is 0 Å². The van der Waals surface area contributed by atoms with Gasteiger partial charge in [0.15, 0.2) is 11.6 Å². The van der Waals surface area contributed by atoms with E-state index in [-0.39, 0.29) is 22.8 Å². The van der Waals surface area contributed by atoms with E-state index >= 15 is 0 Å². The summed E-state index contributed by atoms with van der Waals surface area (Å²) in [5.74, 6) is 0.451. The number of nitro groups is 1. The minimum atomic E-state index is -0.557. The maximum atomic E-state index is 11.0. The first-order chi connectivity index (χ1) is 8.95. The number of oxime groups is 1. The summed E-state index contributed by atoms with van der Waals surface area (Å²) < 4.78 is 5.39. The van der Waals surface area contributed by atoms with E-state index in [2.05, 4.69) is 5.16 Å². The van der Waals surface area contributed by atoms with Gasteiger partial charge in [0.05, 0.1) is 11.5 Å². The zero-order chi connectivity index (χ0) is 14.4. The van der Waals surface area contributed by atoms with Gasteiger partial charge in [-0.3, -0.25) is 10.1 Å². The topological polar surface area (TPSA) is 111 Å². The van der Waals surface area contributed by atoms with Crippen molar-refractivity contribution >= 4 is 11.5 Å². The van der Waals surface area contributed by atoms with Crippen LogP contribution in [0.5, 0.6) is 5.75 Å². The van der Waals surface area contributed by atoms with Crippen molar-refractivity contribution in [1.82, 2.24) is 0 Å². The Morgan fingerprint density at radius 1 is 1.58 bits per heavy atom. The lowest BCUT2D eigenvalue weighted by Crippen LogP contribution is -2.13. The van der Waals surface area contributed by atoms with Gasteiger partial charge < -0.3 is 15.7 Å². The second-order valence-corrected chi connectivity index (χ2v) is 4.46. The van der Waals surface area contributed by atoms with Crippen LogP contribution in [0.15, 0.2) is 23.4 Å². The lowest BCUT2D eigenvalue weighted by atomic mass is 10.1. The van der Waals surface area contributed by atoms with Gasteiger partial charge in [-0.1, -0.05) is 19.0 Å². The lowest BCUT2D eigenvalue weighted by molar-refractivity contribution is -0.385. The number of nitrogens with zero attached hydrogens (tertiary/aromatic N) is 2. The predicted octanol–water partition coefficient (Wildman–Crippen LogP) is 2.11. The average molecular weight is 267 g/mol. The number of hydrogen-bond donors (Lipinski definition) is 2. The maximum Gasteiger partial charge on any atom is 0.311 e. The van der Waals surface area contributed by atoms with E-state index in [0.29, 0.717) is 12.5 Å². The summed E-state index contributed by atoms with van der Waals surface area (Å²) in [6.45, 7) is 4.49. The van der Waals surface area contributed by atoms with Crippen molar-refractivity contribution in [2.75, 3.05) is 6.61 Å². The molecule has 0 saturated carbocycles. The van der Waals surface area contributed by atoms with Gasteiger partial charge in [-0.2, -0.15) is 0 Å². The highest BCUT2D eigenvalue weighted by Gasteiger charge is 2.17. The van der Waals surface area contributed by atoms with Crippen LogP contribution < -0.4 is 10.5 Å². The summed E-state index contributed by atoms with van der Waals surface area (Å²) in [5.41, 5.74) is 5.46. The molecule has 0 aromatic heterocycles. The molecular formula is C12H17N3O4. The first-order valence-corrected chi connectivity index (χ1v) is 5.84. The Kier molecular flexibility index (Phi) is 5.11. The van der Waals surface area contributed by atoms with Gasteiger partial charge in [-0.25, -0.2) is 0 Å². The Labute approximate surface area is 110 Å². The first kappa shape index (κ1) is 14.7. The minimum absolute atomic E-state index is 0.181. The van der Waals surface area contributed by atoms with E-state index in [1.165, 1.54) is 18.2 Å². The maximum absolute atomic E-state index is 11.0. The first-order valence-electron chi connectivity index (χ1n) is 5.84. The van der Waals surface area contributed by atoms with Gasteiger partial charge in [0.1, 0.15) is 0 Å². The van der Waals surface area contributed by atoms with E-state index in [9.17, 15) is 10.1 Å². The molecule has 1 rings (SSSR count). The summed E-state index contributed by atoms with van der Waals surface area (Å²) in [5, 5.41) is 22.3. The lowest BCUT2D eigenvalue weighted by Gasteiger charge is -2.09. The number of amidine groups is 1. The largest absolute Gasteiger partial charge is 0.487 e. The van der Waals surface area contributed by atoms with Crippen LogP contribution >= 0.6 is 0 Å². The van der Waals surface area contributed by atoms with Crippen molar-refractivity contribution in [2.24, 2.45) is 16.8 Å². The molecular weight excluding hydrogens is 250 g/mol. The number of benzene rings is 1. The highest BCUT2D eigenvalue weighted by molar-refractivity contribution is 5.97. The second kappa shape index (κ2) is 6.58. The molecule has 3 N–H and O–H groups in total. The molecule has 0 bridgehead atoms. The molecule has 1 aromatic rings. The molecule has 0 aliphatic heterocycles. The zero-order valence-electron chi connectivity index (χ0n) is 10.9. The van der Waals surface area contributed by atoms with Crippen molar-refractivity contribution in [2.45, 2.75) is 20.3 Å². The molecule has 0 aliphatic rings. The Morgan fingerprint density at radius 3 is 2.79 bits per heavy atom. The van der Waals surface area contributed by atoms with Crippen LogP contribution in [0, 0.1) is 16.0 Å². The minimum Gasteiger partial charge on any atom is -0.487 e. The number of hydrogen-bond acceptors (Lipinski definition) is 5. The summed E-state index contributed by atoms with van der Waals surface area (Å²) >= 11 is 0. The number of nitro benzene ring substituents is 1. The standard InChI is InChI=1S/C12H17N3O4/c1-8(2)5-6-19-11-4-3-9(12(13)14-16)7-10(11)15(17)18/h3-4,7-8,16H,5-6H2,1-2H3,(H2,13,14). The molecule has 7 nitrogen and oxygen atoms in total. The van der Waals surface area contributed by atoms with E-state index in [0.717, 1.165) is 6.42 Å². The van der Waals surface area contributed by atoms with E-state index in [1.807, 2.05) is 13.8 Å². The fourth-order valence-corrected chi connectivity index (χ4v) is 1.40. The monoisotopic (exact) mass is 267 g/mol. The van der Waals surface area contributed by atoms with Crippen molar-refractivity contribution in [3.05, 3.63) is 33.9 Å². The fraction of sp³-hybridized carbons (Fsp3) is 0.417. The summed E-state index contributed by atoms with van der Waals surface area (Å²) in [4.78, 5) is 10.4. The van der Waals surface area contributed by atoms with Gasteiger partial charge in [0, 0.05) is 11.6 Å². The molecule has 0 fully saturated rings. The third-order valence-electron chi connectivity index (χ3n) is 2.51. The quantitative estimate of drug-likeness (QED) is 0.269. The van der Waals surface area contributed by atoms with Crippen LogP contribution in [0.3, 0.4) is 0 Å². The van der Waals surface area contributed by atoms with Crippen LogP contribution in [-0.4, -0.2) is 22.6 Å². The zero-order valence-corrected chi connectivity index (χ0v) is 10.9. The molecule has 7 heteroatoms. The smallest absolute Gasteiger partial charge is 0.311 e. The Hall–Kier alpha value is -2.31. The van der Waals surface area contributed by atoms with Gasteiger partial charge in [-0.15, -0.1) is 0 Å². The summed E-state index contributed by atoms with van der Waals surface area (Å²) in [6, 6.07) is 4.18. The van der Waals surface area contributed by atoms with Crippen molar-refractivity contribution in [3.63, 3.8) is 0 Å². The Bertz CT molecular complexity index is 486. The van der Waals surface area contributed by atoms with Crippen LogP contribution in [-0.2, 0) is 0 Å². The molecule has 0 atom stereocenters. The molecule has 0 heterocycles. The molecule has 0 amide bonds. The normalized spacial score (nSPS) is 11.6. The van der Waals surface area contributed by atoms with Gasteiger partial charge in [0.2, 0.25) is 0 Å². The van der Waals surface area contributed by atoms with Crippen molar-refractivity contribution in [3.8, 4) is 5.75 Å². The van der Waals surface area contributed by atoms with E-state index in [1.54, 1.807) is 0 Å². The van der Waals surface area contributed by atoms with Crippen LogP contribution in [0.1, 0.15) is 25.8 Å². The van der Waals surface area contributed by atoms with Crippen LogP contribution in [0.2, 0.25) is 0 Å². The molecule has 0 aliphatic carbocycles. The molecule has 19 heavy (non-hydrogen) atoms. The summed E-state index contributed by atoms with van der Waals surface area (Å²) in [7, 11) is 0. The van der Waals surface area contributed by atoms with Crippen molar-refractivity contribution < 1.29 is 14.9 Å². The Morgan fingerprint density at radius 2 is 2.26 bits per heavy atom. The Balaban J connectivity index is 2.95. The number of ether oxygens (including phenoxy) is 1. The fourth-order valence-electron chi connectivity index (χ4n) is 1.40. The van der Waals surface area contributed by atoms with Gasteiger partial charge in [0.25, 0.3) is 0 Å². The molecule has 0 radical (unpaired) electrons. The highest BCUT2D eigenvalue weighted by atomic mass is 16.6. The van der Waals surface area contributed by atoms with Gasteiger partial charge in [-0.05, 0) is 24.5 Å². The summed E-state index contributed by atoms with van der Waals surface area (Å²) in [6.07, 6.45) is 0.805. The number of rotatable bonds is 6. The van der Waals surface area contributed by atoms with E-state index in [4.69, 9.17) is 15.7 Å². The number of nitrogens with two attached hydrogens (primary N) is 1. The highest BCUT2D eigenvalue weighted by Crippen LogP contribution is 2.28.